The highest BCUT2D eigenvalue weighted by atomic mass is 16.5. The molecule has 0 saturated heterocycles. The average molecular weight is 423 g/mol. The van der Waals surface area contributed by atoms with Crippen LogP contribution in [0.3, 0.4) is 0 Å². The summed E-state index contributed by atoms with van der Waals surface area (Å²) in [5.74, 6) is 1.10. The van der Waals surface area contributed by atoms with E-state index in [4.69, 9.17) is 18.6 Å². The molecule has 0 radical (unpaired) electrons. The number of rotatable bonds is 5. The summed E-state index contributed by atoms with van der Waals surface area (Å²) in [6, 6.07) is 9.96. The van der Waals surface area contributed by atoms with Crippen molar-refractivity contribution in [3.8, 4) is 11.5 Å². The Kier molecular flexibility index (Phi) is 5.69. The minimum Gasteiger partial charge on any atom is -0.497 e. The van der Waals surface area contributed by atoms with Crippen LogP contribution in [0.2, 0.25) is 0 Å². The third-order valence-electron chi connectivity index (χ3n) is 5.73. The zero-order valence-corrected chi connectivity index (χ0v) is 18.1. The summed E-state index contributed by atoms with van der Waals surface area (Å²) in [5, 5.41) is 0.810. The number of esters is 1. The Hall–Kier alpha value is -3.32. The van der Waals surface area contributed by atoms with Crippen molar-refractivity contribution < 1.29 is 23.4 Å². The predicted molar refractivity (Wildman–Crippen MR) is 115 cm³/mol. The van der Waals surface area contributed by atoms with Crippen LogP contribution in [0.5, 0.6) is 11.5 Å². The van der Waals surface area contributed by atoms with Gasteiger partial charge in [-0.1, -0.05) is 12.1 Å². The van der Waals surface area contributed by atoms with Gasteiger partial charge in [0.2, 0.25) is 0 Å². The van der Waals surface area contributed by atoms with E-state index in [0.717, 1.165) is 45.7 Å². The van der Waals surface area contributed by atoms with E-state index in [0.29, 0.717) is 24.4 Å². The minimum absolute atomic E-state index is 0.114. The number of hydrogen-bond acceptors (Lipinski definition) is 7. The lowest BCUT2D eigenvalue weighted by molar-refractivity contribution is -0.139. The molecule has 0 bridgehead atoms. The molecule has 0 unspecified atom stereocenters. The molecule has 31 heavy (non-hydrogen) atoms. The molecule has 2 heterocycles. The number of benzene rings is 2. The Bertz CT molecular complexity index is 1200. The fraction of sp³-hybridized carbons (Fsp3) is 0.333. The van der Waals surface area contributed by atoms with Crippen LogP contribution >= 0.6 is 0 Å². The van der Waals surface area contributed by atoms with Crippen molar-refractivity contribution in [1.82, 2.24) is 4.90 Å². The summed E-state index contributed by atoms with van der Waals surface area (Å²) in [6.07, 6.45) is -0.114. The molecule has 7 heteroatoms. The van der Waals surface area contributed by atoms with Crippen LogP contribution in [-0.4, -0.2) is 31.8 Å². The van der Waals surface area contributed by atoms with Gasteiger partial charge >= 0.3 is 11.6 Å². The molecule has 0 aliphatic carbocycles. The lowest BCUT2D eigenvalue weighted by Crippen LogP contribution is -2.32. The number of fused-ring (bicyclic) bond motifs is 2. The van der Waals surface area contributed by atoms with E-state index in [9.17, 15) is 9.59 Å². The molecule has 1 aliphatic rings. The molecule has 0 atom stereocenters. The number of methoxy groups -OCH3 is 2. The van der Waals surface area contributed by atoms with E-state index in [1.165, 1.54) is 7.11 Å². The van der Waals surface area contributed by atoms with Crippen molar-refractivity contribution in [3.05, 3.63) is 68.6 Å². The summed E-state index contributed by atoms with van der Waals surface area (Å²) < 4.78 is 21.6. The van der Waals surface area contributed by atoms with Gasteiger partial charge in [0, 0.05) is 29.6 Å². The van der Waals surface area contributed by atoms with Gasteiger partial charge in [0.25, 0.3) is 0 Å². The highest BCUT2D eigenvalue weighted by Gasteiger charge is 2.24. The monoisotopic (exact) mass is 423 g/mol. The molecule has 1 aromatic heterocycles. The van der Waals surface area contributed by atoms with Crippen molar-refractivity contribution in [1.29, 1.82) is 0 Å². The maximum atomic E-state index is 12.5. The summed E-state index contributed by atoms with van der Waals surface area (Å²) in [6.45, 7) is 5.60. The van der Waals surface area contributed by atoms with Gasteiger partial charge in [-0.15, -0.1) is 0 Å². The van der Waals surface area contributed by atoms with E-state index in [1.807, 2.05) is 44.2 Å². The van der Waals surface area contributed by atoms with Crippen LogP contribution < -0.4 is 15.1 Å². The van der Waals surface area contributed by atoms with E-state index >= 15 is 0 Å². The van der Waals surface area contributed by atoms with Crippen LogP contribution in [0, 0.1) is 13.8 Å². The predicted octanol–water partition coefficient (Wildman–Crippen LogP) is 3.49. The zero-order chi connectivity index (χ0) is 22.1. The number of hydrogen-bond donors (Lipinski definition) is 0. The minimum atomic E-state index is -0.518. The van der Waals surface area contributed by atoms with E-state index in [-0.39, 0.29) is 6.42 Å². The topological polar surface area (TPSA) is 78.2 Å². The molecule has 0 saturated carbocycles. The Morgan fingerprint density at radius 2 is 1.87 bits per heavy atom. The van der Waals surface area contributed by atoms with E-state index < -0.39 is 11.6 Å². The largest absolute Gasteiger partial charge is 0.497 e. The summed E-state index contributed by atoms with van der Waals surface area (Å²) in [5.41, 5.74) is 4.01. The smallest absolute Gasteiger partial charge is 0.340 e. The van der Waals surface area contributed by atoms with Crippen molar-refractivity contribution in [2.24, 2.45) is 0 Å². The van der Waals surface area contributed by atoms with E-state index in [1.54, 1.807) is 7.11 Å². The van der Waals surface area contributed by atoms with Gasteiger partial charge < -0.3 is 18.6 Å². The maximum Gasteiger partial charge on any atom is 0.340 e. The molecular formula is C24H25NO6. The molecular weight excluding hydrogens is 398 g/mol. The van der Waals surface area contributed by atoms with E-state index in [2.05, 4.69) is 4.90 Å². The zero-order valence-electron chi connectivity index (χ0n) is 18.1. The fourth-order valence-corrected chi connectivity index (χ4v) is 4.00. The lowest BCUT2D eigenvalue weighted by atomic mass is 9.97. The van der Waals surface area contributed by atoms with Crippen molar-refractivity contribution >= 4 is 16.9 Å². The molecule has 3 aromatic rings. The molecule has 7 nitrogen and oxygen atoms in total. The normalized spacial score (nSPS) is 13.5. The van der Waals surface area contributed by atoms with Crippen LogP contribution in [0.25, 0.3) is 11.0 Å². The highest BCUT2D eigenvalue weighted by molar-refractivity contribution is 5.88. The van der Waals surface area contributed by atoms with Gasteiger partial charge in [-0.3, -0.25) is 9.69 Å². The first-order valence-corrected chi connectivity index (χ1v) is 10.0. The van der Waals surface area contributed by atoms with Crippen LogP contribution in [0.15, 0.2) is 39.5 Å². The van der Waals surface area contributed by atoms with Gasteiger partial charge in [0.1, 0.15) is 23.8 Å². The van der Waals surface area contributed by atoms with Gasteiger partial charge in [-0.25, -0.2) is 4.79 Å². The van der Waals surface area contributed by atoms with Gasteiger partial charge in [0.15, 0.2) is 0 Å². The molecule has 2 aromatic carbocycles. The highest BCUT2D eigenvalue weighted by Crippen LogP contribution is 2.36. The molecule has 4 rings (SSSR count). The Morgan fingerprint density at radius 1 is 1.13 bits per heavy atom. The number of nitrogens with zero attached hydrogens (tertiary/aromatic N) is 1. The van der Waals surface area contributed by atoms with Crippen LogP contribution in [0.1, 0.15) is 27.8 Å². The van der Waals surface area contributed by atoms with Gasteiger partial charge in [-0.2, -0.15) is 0 Å². The third kappa shape index (κ3) is 4.01. The Labute approximate surface area is 180 Å². The first kappa shape index (κ1) is 20.9. The molecule has 0 N–H and O–H groups in total. The Balaban J connectivity index is 1.68. The first-order valence-electron chi connectivity index (χ1n) is 10.0. The second kappa shape index (κ2) is 8.43. The third-order valence-corrected chi connectivity index (χ3v) is 5.73. The second-order valence-electron chi connectivity index (χ2n) is 7.72. The number of carbonyl (C=O) groups is 1. The SMILES string of the molecule is COC(=O)Cc1c(C)c2cc3c(c(C)c2oc1=O)OCN(Cc1ccc(OC)cc1)C3. The van der Waals surface area contributed by atoms with Crippen molar-refractivity contribution in [2.75, 3.05) is 21.0 Å². The van der Waals surface area contributed by atoms with Crippen LogP contribution in [-0.2, 0) is 29.0 Å². The molecule has 162 valence electrons. The number of aryl methyl sites for hydroxylation is 2. The van der Waals surface area contributed by atoms with Gasteiger partial charge in [0.05, 0.1) is 26.2 Å². The summed E-state index contributed by atoms with van der Waals surface area (Å²) in [7, 11) is 2.95. The molecule has 0 spiro atoms. The Morgan fingerprint density at radius 3 is 2.55 bits per heavy atom. The summed E-state index contributed by atoms with van der Waals surface area (Å²) >= 11 is 0. The standard InChI is InChI=1S/C24H25NO6/c1-14-19-9-17-12-25(11-16-5-7-18(28-3)8-6-16)13-30-22(17)15(2)23(19)31-24(27)20(14)10-21(26)29-4/h5-9H,10-13H2,1-4H3. The maximum absolute atomic E-state index is 12.5. The van der Waals surface area contributed by atoms with Crippen LogP contribution in [0.4, 0.5) is 0 Å². The summed E-state index contributed by atoms with van der Waals surface area (Å²) in [4.78, 5) is 26.4. The van der Waals surface area contributed by atoms with Gasteiger partial charge in [-0.05, 0) is 43.2 Å². The molecule has 0 fully saturated rings. The molecule has 0 amide bonds. The lowest BCUT2D eigenvalue weighted by Gasteiger charge is -2.30. The van der Waals surface area contributed by atoms with Crippen molar-refractivity contribution in [3.63, 3.8) is 0 Å². The van der Waals surface area contributed by atoms with Crippen molar-refractivity contribution in [2.45, 2.75) is 33.4 Å². The quantitative estimate of drug-likeness (QED) is 0.459. The molecule has 1 aliphatic heterocycles. The average Bonchev–Trinajstić information content (AvgIpc) is 2.78. The second-order valence-corrected chi connectivity index (χ2v) is 7.72. The number of ether oxygens (including phenoxy) is 3. The first-order chi connectivity index (χ1) is 14.9. The fourth-order valence-electron chi connectivity index (χ4n) is 4.00. The number of carbonyl (C=O) groups excluding carboxylic acids is 1.